The average Bonchev–Trinajstić information content (AvgIpc) is 2.18. The van der Waals surface area contributed by atoms with Gasteiger partial charge in [0.2, 0.25) is 0 Å². The number of phenols is 1. The molecule has 1 aromatic rings. The Hall–Kier alpha value is -0.980. The van der Waals surface area contributed by atoms with Gasteiger partial charge in [-0.1, -0.05) is 12.0 Å². The van der Waals surface area contributed by atoms with Crippen molar-refractivity contribution in [3.8, 4) is 17.6 Å². The lowest BCUT2D eigenvalue weighted by atomic mass is 10.2. The van der Waals surface area contributed by atoms with E-state index >= 15 is 0 Å². The topological polar surface area (TPSA) is 32.3 Å². The van der Waals surface area contributed by atoms with Crippen molar-refractivity contribution in [1.29, 1.82) is 0 Å². The predicted molar refractivity (Wildman–Crippen MR) is 61.0 cm³/mol. The molecule has 1 rings (SSSR count). The van der Waals surface area contributed by atoms with Crippen LogP contribution in [0.5, 0.6) is 5.75 Å². The quantitative estimate of drug-likeness (QED) is 0.640. The predicted octanol–water partition coefficient (Wildman–Crippen LogP) is 2.27. The van der Waals surface area contributed by atoms with Gasteiger partial charge in [-0.3, -0.25) is 0 Å². The van der Waals surface area contributed by atoms with Crippen LogP contribution in [-0.4, -0.2) is 11.7 Å². The van der Waals surface area contributed by atoms with Crippen LogP contribution in [0.3, 0.4) is 0 Å². The van der Waals surface area contributed by atoms with Crippen LogP contribution >= 0.6 is 15.9 Å². The standard InChI is InChI=1S/C11H12BrNO/c1-2-3-6-13-8-9-4-5-11(14)10(12)7-9/h4-5,7,13-14H,6,8H2,1H3. The Labute approximate surface area is 92.5 Å². The molecule has 0 aliphatic carbocycles. The van der Waals surface area contributed by atoms with Crippen molar-refractivity contribution >= 4 is 15.9 Å². The Bertz CT molecular complexity index is 365. The third-order valence-corrected chi connectivity index (χ3v) is 2.37. The average molecular weight is 254 g/mol. The van der Waals surface area contributed by atoms with Crippen molar-refractivity contribution in [1.82, 2.24) is 5.32 Å². The second kappa shape index (κ2) is 5.69. The summed E-state index contributed by atoms with van der Waals surface area (Å²) in [5, 5.41) is 12.4. The lowest BCUT2D eigenvalue weighted by molar-refractivity contribution is 0.471. The van der Waals surface area contributed by atoms with E-state index in [2.05, 4.69) is 33.1 Å². The molecule has 14 heavy (non-hydrogen) atoms. The van der Waals surface area contributed by atoms with Gasteiger partial charge in [-0.15, -0.1) is 5.92 Å². The summed E-state index contributed by atoms with van der Waals surface area (Å²) in [6.45, 7) is 3.27. The van der Waals surface area contributed by atoms with Gasteiger partial charge in [-0.2, -0.15) is 0 Å². The number of aromatic hydroxyl groups is 1. The van der Waals surface area contributed by atoms with Crippen LogP contribution in [0.4, 0.5) is 0 Å². The maximum Gasteiger partial charge on any atom is 0.129 e. The molecule has 2 N–H and O–H groups in total. The Kier molecular flexibility index (Phi) is 4.51. The number of rotatable bonds is 3. The molecular weight excluding hydrogens is 242 g/mol. The Balaban J connectivity index is 2.50. The van der Waals surface area contributed by atoms with Gasteiger partial charge < -0.3 is 10.4 Å². The summed E-state index contributed by atoms with van der Waals surface area (Å²) in [6, 6.07) is 5.45. The molecule has 0 radical (unpaired) electrons. The zero-order valence-electron chi connectivity index (χ0n) is 7.97. The molecule has 0 bridgehead atoms. The largest absolute Gasteiger partial charge is 0.507 e. The van der Waals surface area contributed by atoms with E-state index in [-0.39, 0.29) is 5.75 Å². The summed E-state index contributed by atoms with van der Waals surface area (Å²) < 4.78 is 0.721. The van der Waals surface area contributed by atoms with Gasteiger partial charge in [0.05, 0.1) is 11.0 Å². The van der Waals surface area contributed by atoms with Gasteiger partial charge >= 0.3 is 0 Å². The molecule has 0 aromatic heterocycles. The lowest BCUT2D eigenvalue weighted by Crippen LogP contribution is -2.12. The zero-order chi connectivity index (χ0) is 10.4. The molecule has 0 heterocycles. The van der Waals surface area contributed by atoms with Crippen molar-refractivity contribution in [3.63, 3.8) is 0 Å². The number of halogens is 1. The lowest BCUT2D eigenvalue weighted by Gasteiger charge is -2.03. The molecule has 0 unspecified atom stereocenters. The summed E-state index contributed by atoms with van der Waals surface area (Å²) in [5.74, 6) is 6.00. The highest BCUT2D eigenvalue weighted by molar-refractivity contribution is 9.10. The Morgan fingerprint density at radius 1 is 1.50 bits per heavy atom. The SMILES string of the molecule is CC#CCNCc1ccc(O)c(Br)c1. The van der Waals surface area contributed by atoms with Crippen LogP contribution in [0.2, 0.25) is 0 Å². The highest BCUT2D eigenvalue weighted by Gasteiger charge is 1.98. The van der Waals surface area contributed by atoms with Gasteiger partial charge in [0.1, 0.15) is 5.75 Å². The van der Waals surface area contributed by atoms with Gasteiger partial charge in [0, 0.05) is 6.54 Å². The maximum absolute atomic E-state index is 9.26. The van der Waals surface area contributed by atoms with E-state index in [0.29, 0.717) is 6.54 Å². The minimum atomic E-state index is 0.266. The maximum atomic E-state index is 9.26. The number of phenolic OH excluding ortho intramolecular Hbond substituents is 1. The second-order valence-corrected chi connectivity index (χ2v) is 3.67. The van der Waals surface area contributed by atoms with Crippen molar-refractivity contribution < 1.29 is 5.11 Å². The molecule has 1 aromatic carbocycles. The fourth-order valence-corrected chi connectivity index (χ4v) is 1.44. The summed E-state index contributed by atoms with van der Waals surface area (Å²) in [5.41, 5.74) is 1.12. The van der Waals surface area contributed by atoms with E-state index in [0.717, 1.165) is 16.6 Å². The molecule has 3 heteroatoms. The van der Waals surface area contributed by atoms with E-state index in [1.54, 1.807) is 6.07 Å². The molecule has 2 nitrogen and oxygen atoms in total. The summed E-state index contributed by atoms with van der Waals surface area (Å²) in [7, 11) is 0. The van der Waals surface area contributed by atoms with Gasteiger partial charge in [0.15, 0.2) is 0 Å². The molecule has 0 aliphatic heterocycles. The third kappa shape index (κ3) is 3.41. The molecule has 74 valence electrons. The first-order valence-electron chi connectivity index (χ1n) is 4.31. The van der Waals surface area contributed by atoms with E-state index in [4.69, 9.17) is 0 Å². The normalized spacial score (nSPS) is 9.29. The van der Waals surface area contributed by atoms with E-state index in [1.165, 1.54) is 0 Å². The minimum Gasteiger partial charge on any atom is -0.507 e. The first kappa shape index (κ1) is 11.1. The molecule has 0 amide bonds. The van der Waals surface area contributed by atoms with Crippen LogP contribution in [-0.2, 0) is 6.54 Å². The van der Waals surface area contributed by atoms with Crippen molar-refractivity contribution in [3.05, 3.63) is 28.2 Å². The van der Waals surface area contributed by atoms with Crippen LogP contribution in [0.25, 0.3) is 0 Å². The molecule has 0 spiro atoms. The van der Waals surface area contributed by atoms with Crippen molar-refractivity contribution in [2.75, 3.05) is 6.54 Å². The fraction of sp³-hybridized carbons (Fsp3) is 0.273. The third-order valence-electron chi connectivity index (χ3n) is 1.73. The van der Waals surface area contributed by atoms with E-state index in [9.17, 15) is 5.11 Å². The Morgan fingerprint density at radius 2 is 2.29 bits per heavy atom. The van der Waals surface area contributed by atoms with E-state index in [1.807, 2.05) is 19.1 Å². The number of hydrogen-bond acceptors (Lipinski definition) is 2. The summed E-state index contributed by atoms with van der Waals surface area (Å²) in [6.07, 6.45) is 0. The monoisotopic (exact) mass is 253 g/mol. The fourth-order valence-electron chi connectivity index (χ4n) is 1.02. The molecule has 0 saturated heterocycles. The highest BCUT2D eigenvalue weighted by atomic mass is 79.9. The Morgan fingerprint density at radius 3 is 2.93 bits per heavy atom. The molecular formula is C11H12BrNO. The van der Waals surface area contributed by atoms with Gasteiger partial charge in [0.25, 0.3) is 0 Å². The van der Waals surface area contributed by atoms with Crippen molar-refractivity contribution in [2.45, 2.75) is 13.5 Å². The molecule has 0 saturated carbocycles. The summed E-state index contributed by atoms with van der Waals surface area (Å²) in [4.78, 5) is 0. The minimum absolute atomic E-state index is 0.266. The first-order valence-corrected chi connectivity index (χ1v) is 5.11. The molecule has 0 atom stereocenters. The number of benzene rings is 1. The first-order chi connectivity index (χ1) is 6.74. The van der Waals surface area contributed by atoms with Crippen LogP contribution in [0.1, 0.15) is 12.5 Å². The highest BCUT2D eigenvalue weighted by Crippen LogP contribution is 2.23. The smallest absolute Gasteiger partial charge is 0.129 e. The van der Waals surface area contributed by atoms with Crippen molar-refractivity contribution in [2.24, 2.45) is 0 Å². The molecule has 0 fully saturated rings. The van der Waals surface area contributed by atoms with Crippen LogP contribution in [0, 0.1) is 11.8 Å². The van der Waals surface area contributed by atoms with Crippen LogP contribution < -0.4 is 5.32 Å². The van der Waals surface area contributed by atoms with E-state index < -0.39 is 0 Å². The number of nitrogens with one attached hydrogen (secondary N) is 1. The zero-order valence-corrected chi connectivity index (χ0v) is 9.56. The van der Waals surface area contributed by atoms with Crippen LogP contribution in [0.15, 0.2) is 22.7 Å². The number of hydrogen-bond donors (Lipinski definition) is 2. The molecule has 0 aliphatic rings. The van der Waals surface area contributed by atoms with Gasteiger partial charge in [-0.05, 0) is 40.5 Å². The second-order valence-electron chi connectivity index (χ2n) is 2.82. The summed E-state index contributed by atoms with van der Waals surface area (Å²) >= 11 is 3.26. The van der Waals surface area contributed by atoms with Gasteiger partial charge in [-0.25, -0.2) is 0 Å².